The highest BCUT2D eigenvalue weighted by atomic mass is 16.5. The number of esters is 1. The van der Waals surface area contributed by atoms with Crippen molar-refractivity contribution in [3.8, 4) is 0 Å². The topological polar surface area (TPSA) is 58.6 Å². The Morgan fingerprint density at radius 3 is 2.32 bits per heavy atom. The number of benzene rings is 2. The molecule has 1 N–H and O–H groups in total. The average Bonchev–Trinajstić information content (AvgIpc) is 2.71. The van der Waals surface area contributed by atoms with Gasteiger partial charge in [-0.2, -0.15) is 0 Å². The third-order valence-corrected chi connectivity index (χ3v) is 4.14. The summed E-state index contributed by atoms with van der Waals surface area (Å²) in [5, 5.41) is 2.66. The molecule has 0 bridgehead atoms. The van der Waals surface area contributed by atoms with Crippen LogP contribution in [0.25, 0.3) is 6.08 Å². The van der Waals surface area contributed by atoms with Gasteiger partial charge in [0.2, 0.25) is 0 Å². The van der Waals surface area contributed by atoms with Crippen LogP contribution in [-0.4, -0.2) is 43.1 Å². The smallest absolute Gasteiger partial charge is 0.325 e. The van der Waals surface area contributed by atoms with Crippen molar-refractivity contribution in [2.24, 2.45) is 0 Å². The van der Waals surface area contributed by atoms with Gasteiger partial charge in [-0.25, -0.2) is 4.79 Å². The molecule has 0 saturated heterocycles. The molecule has 0 aliphatic carbocycles. The van der Waals surface area contributed by atoms with Gasteiger partial charge in [0.15, 0.2) is 0 Å². The Hall–Kier alpha value is -3.08. The molecule has 0 aromatic heterocycles. The van der Waals surface area contributed by atoms with Crippen LogP contribution in [0.5, 0.6) is 0 Å². The zero-order chi connectivity index (χ0) is 20.2. The second-order valence-corrected chi connectivity index (χ2v) is 6.52. The lowest BCUT2D eigenvalue weighted by atomic mass is 10.1. The van der Waals surface area contributed by atoms with E-state index in [4.69, 9.17) is 4.74 Å². The number of hydrogen-bond donors (Lipinski definition) is 1. The van der Waals surface area contributed by atoms with Crippen molar-refractivity contribution in [2.45, 2.75) is 20.3 Å². The zero-order valence-corrected chi connectivity index (χ0v) is 16.6. The number of carbonyl (C=O) groups excluding carboxylic acids is 2. The fraction of sp³-hybridized carbons (Fsp3) is 0.304. The van der Waals surface area contributed by atoms with Gasteiger partial charge in [0, 0.05) is 13.1 Å². The number of hydrogen-bond acceptors (Lipinski definition) is 3. The number of amides is 2. The van der Waals surface area contributed by atoms with Gasteiger partial charge in [0.25, 0.3) is 0 Å². The molecule has 0 radical (unpaired) electrons. The fourth-order valence-electron chi connectivity index (χ4n) is 2.81. The van der Waals surface area contributed by atoms with Crippen LogP contribution in [-0.2, 0) is 16.0 Å². The summed E-state index contributed by atoms with van der Waals surface area (Å²) >= 11 is 0. The van der Waals surface area contributed by atoms with E-state index in [1.165, 1.54) is 0 Å². The molecule has 0 aliphatic rings. The van der Waals surface area contributed by atoms with E-state index >= 15 is 0 Å². The van der Waals surface area contributed by atoms with Crippen molar-refractivity contribution in [1.82, 2.24) is 10.2 Å². The maximum Gasteiger partial charge on any atom is 0.325 e. The zero-order valence-electron chi connectivity index (χ0n) is 16.6. The average molecular weight is 380 g/mol. The van der Waals surface area contributed by atoms with Gasteiger partial charge in [-0.1, -0.05) is 72.3 Å². The molecule has 0 fully saturated rings. The minimum absolute atomic E-state index is 0.129. The van der Waals surface area contributed by atoms with Crippen molar-refractivity contribution < 1.29 is 14.3 Å². The van der Waals surface area contributed by atoms with Crippen LogP contribution in [0.15, 0.2) is 66.2 Å². The van der Waals surface area contributed by atoms with E-state index in [-0.39, 0.29) is 12.6 Å². The Balaban J connectivity index is 2.02. The maximum absolute atomic E-state index is 12.6. The molecule has 0 saturated carbocycles. The molecular formula is C23H28N2O3. The van der Waals surface area contributed by atoms with E-state index in [1.807, 2.05) is 67.6 Å². The van der Waals surface area contributed by atoms with Crippen LogP contribution in [0.2, 0.25) is 0 Å². The Morgan fingerprint density at radius 1 is 1.04 bits per heavy atom. The minimum atomic E-state index is -0.435. The highest BCUT2D eigenvalue weighted by Crippen LogP contribution is 2.09. The summed E-state index contributed by atoms with van der Waals surface area (Å²) in [4.78, 5) is 25.9. The van der Waals surface area contributed by atoms with Crippen LogP contribution in [0.3, 0.4) is 0 Å². The lowest BCUT2D eigenvalue weighted by Gasteiger charge is -2.23. The predicted molar refractivity (Wildman–Crippen MR) is 112 cm³/mol. The third kappa shape index (κ3) is 7.66. The minimum Gasteiger partial charge on any atom is -0.465 e. The first kappa shape index (κ1) is 21.2. The van der Waals surface area contributed by atoms with Crippen molar-refractivity contribution in [1.29, 1.82) is 0 Å². The first-order valence-electron chi connectivity index (χ1n) is 9.53. The van der Waals surface area contributed by atoms with E-state index in [0.29, 0.717) is 19.7 Å². The summed E-state index contributed by atoms with van der Waals surface area (Å²) in [6.45, 7) is 4.95. The van der Waals surface area contributed by atoms with Gasteiger partial charge in [-0.05, 0) is 31.4 Å². The Kier molecular flexibility index (Phi) is 8.79. The molecule has 2 amide bonds. The maximum atomic E-state index is 12.6. The Morgan fingerprint density at radius 2 is 1.68 bits per heavy atom. The van der Waals surface area contributed by atoms with Gasteiger partial charge < -0.3 is 15.0 Å². The van der Waals surface area contributed by atoms with Crippen molar-refractivity contribution in [3.05, 3.63) is 77.4 Å². The third-order valence-electron chi connectivity index (χ3n) is 4.14. The normalized spacial score (nSPS) is 11.0. The lowest BCUT2D eigenvalue weighted by molar-refractivity contribution is -0.141. The SMILES string of the molecule is CCOC(=O)CNC(=O)N(CCc1ccccc1)C/C(C)=C/c1ccccc1. The number of carbonyl (C=O) groups is 2. The van der Waals surface area contributed by atoms with Crippen LogP contribution in [0, 0.1) is 0 Å². The number of rotatable bonds is 9. The van der Waals surface area contributed by atoms with E-state index in [0.717, 1.165) is 23.1 Å². The number of ether oxygens (including phenoxy) is 1. The summed E-state index contributed by atoms with van der Waals surface area (Å²) in [7, 11) is 0. The Labute approximate surface area is 167 Å². The van der Waals surface area contributed by atoms with E-state index < -0.39 is 5.97 Å². The monoisotopic (exact) mass is 380 g/mol. The standard InChI is InChI=1S/C23H28N2O3/c1-3-28-22(26)17-24-23(27)25(15-14-20-10-6-4-7-11-20)18-19(2)16-21-12-8-5-9-13-21/h4-13,16H,3,14-15,17-18H2,1-2H3,(H,24,27)/b19-16+. The van der Waals surface area contributed by atoms with Gasteiger partial charge in [0.1, 0.15) is 6.54 Å². The first-order valence-corrected chi connectivity index (χ1v) is 9.53. The summed E-state index contributed by atoms with van der Waals surface area (Å²) < 4.78 is 4.88. The molecule has 2 aromatic rings. The lowest BCUT2D eigenvalue weighted by Crippen LogP contribution is -2.44. The largest absolute Gasteiger partial charge is 0.465 e. The van der Waals surface area contributed by atoms with Crippen molar-refractivity contribution in [3.63, 3.8) is 0 Å². The summed E-state index contributed by atoms with van der Waals surface area (Å²) in [6.07, 6.45) is 2.81. The van der Waals surface area contributed by atoms with Crippen LogP contribution in [0.1, 0.15) is 25.0 Å². The van der Waals surface area contributed by atoms with Gasteiger partial charge in [0.05, 0.1) is 6.61 Å². The molecule has 0 aliphatic heterocycles. The molecule has 0 atom stereocenters. The van der Waals surface area contributed by atoms with Crippen LogP contribution < -0.4 is 5.32 Å². The highest BCUT2D eigenvalue weighted by molar-refractivity contribution is 5.81. The van der Waals surface area contributed by atoms with Crippen molar-refractivity contribution >= 4 is 18.1 Å². The van der Waals surface area contributed by atoms with Gasteiger partial charge in [-0.15, -0.1) is 0 Å². The summed E-state index contributed by atoms with van der Waals surface area (Å²) in [5.74, 6) is -0.435. The molecule has 2 aromatic carbocycles. The molecule has 5 nitrogen and oxygen atoms in total. The molecule has 148 valence electrons. The van der Waals surface area contributed by atoms with Crippen LogP contribution >= 0.6 is 0 Å². The van der Waals surface area contributed by atoms with Crippen LogP contribution in [0.4, 0.5) is 4.79 Å². The predicted octanol–water partition coefficient (Wildman–Crippen LogP) is 3.91. The molecule has 28 heavy (non-hydrogen) atoms. The molecule has 0 spiro atoms. The Bertz CT molecular complexity index is 773. The number of nitrogens with one attached hydrogen (secondary N) is 1. The fourth-order valence-corrected chi connectivity index (χ4v) is 2.81. The summed E-state index contributed by atoms with van der Waals surface area (Å²) in [6, 6.07) is 19.8. The second kappa shape index (κ2) is 11.6. The molecule has 0 heterocycles. The molecular weight excluding hydrogens is 352 g/mol. The highest BCUT2D eigenvalue weighted by Gasteiger charge is 2.15. The van der Waals surface area contributed by atoms with Gasteiger partial charge >= 0.3 is 12.0 Å². The molecule has 0 unspecified atom stereocenters. The second-order valence-electron chi connectivity index (χ2n) is 6.52. The van der Waals surface area contributed by atoms with E-state index in [9.17, 15) is 9.59 Å². The number of urea groups is 1. The molecule has 5 heteroatoms. The van der Waals surface area contributed by atoms with Crippen molar-refractivity contribution in [2.75, 3.05) is 26.2 Å². The molecule has 2 rings (SSSR count). The first-order chi connectivity index (χ1) is 13.6. The van der Waals surface area contributed by atoms with Gasteiger partial charge in [-0.3, -0.25) is 4.79 Å². The summed E-state index contributed by atoms with van der Waals surface area (Å²) in [5.41, 5.74) is 3.32. The van der Waals surface area contributed by atoms with E-state index in [1.54, 1.807) is 11.8 Å². The number of nitrogens with zero attached hydrogens (tertiary/aromatic N) is 1. The van der Waals surface area contributed by atoms with E-state index in [2.05, 4.69) is 11.4 Å². The quantitative estimate of drug-likeness (QED) is 0.671.